The number of benzene rings is 3. The van der Waals surface area contributed by atoms with Gasteiger partial charge < -0.3 is 9.47 Å². The van der Waals surface area contributed by atoms with Crippen LogP contribution in [0, 0.1) is 5.82 Å². The summed E-state index contributed by atoms with van der Waals surface area (Å²) >= 11 is 11.6. The van der Waals surface area contributed by atoms with E-state index in [0.717, 1.165) is 10.8 Å². The molecule has 0 N–H and O–H groups in total. The normalized spacial score (nSPS) is 11.7. The van der Waals surface area contributed by atoms with E-state index >= 15 is 0 Å². The fourth-order valence-corrected chi connectivity index (χ4v) is 3.05. The van der Waals surface area contributed by atoms with Crippen LogP contribution in [-0.2, 0) is 6.18 Å². The number of hydrogen-bond donors (Lipinski definition) is 0. The van der Waals surface area contributed by atoms with E-state index in [1.165, 1.54) is 0 Å². The average Bonchev–Trinajstić information content (AvgIpc) is 2.61. The van der Waals surface area contributed by atoms with E-state index in [1.807, 2.05) is 19.1 Å². The first kappa shape index (κ1) is 19.6. The van der Waals surface area contributed by atoms with Crippen LogP contribution in [0.25, 0.3) is 10.8 Å². The quantitative estimate of drug-likeness (QED) is 0.322. The molecule has 0 saturated carbocycles. The standard InChI is InChI=1S/C19H12Cl2F4O2/c1-2-26-12-5-3-10-4-6-13(8-11(10)7-12)27-18-15(20)9-14(19(23,24)25)17(22)16(18)21/h3-9H,2H2,1H3. The minimum absolute atomic E-state index is 0.235. The van der Waals surface area contributed by atoms with Crippen LogP contribution < -0.4 is 9.47 Å². The molecule has 0 aliphatic carbocycles. The molecule has 0 aliphatic heterocycles. The molecule has 0 spiro atoms. The van der Waals surface area contributed by atoms with Gasteiger partial charge in [-0.15, -0.1) is 0 Å². The molecule has 2 nitrogen and oxygen atoms in total. The molecule has 3 aromatic carbocycles. The Morgan fingerprint density at radius 3 is 2.19 bits per heavy atom. The van der Waals surface area contributed by atoms with E-state index in [-0.39, 0.29) is 11.5 Å². The number of halogens is 6. The third-order valence-corrected chi connectivity index (χ3v) is 4.35. The minimum Gasteiger partial charge on any atom is -0.494 e. The first-order valence-corrected chi connectivity index (χ1v) is 8.55. The maximum atomic E-state index is 14.0. The molecule has 0 bridgehead atoms. The average molecular weight is 419 g/mol. The molecule has 142 valence electrons. The highest BCUT2D eigenvalue weighted by molar-refractivity contribution is 6.37. The molecule has 0 unspecified atom stereocenters. The summed E-state index contributed by atoms with van der Waals surface area (Å²) in [6, 6.07) is 10.8. The Hall–Kier alpha value is -2.18. The first-order valence-electron chi connectivity index (χ1n) is 7.80. The van der Waals surface area contributed by atoms with Gasteiger partial charge in [-0.05, 0) is 48.0 Å². The van der Waals surface area contributed by atoms with Gasteiger partial charge in [0.15, 0.2) is 11.6 Å². The Balaban J connectivity index is 2.01. The second kappa shape index (κ2) is 7.44. The van der Waals surface area contributed by atoms with E-state index < -0.39 is 27.6 Å². The molecule has 0 aromatic heterocycles. The summed E-state index contributed by atoms with van der Waals surface area (Å²) in [6.07, 6.45) is -4.92. The predicted molar refractivity (Wildman–Crippen MR) is 96.6 cm³/mol. The van der Waals surface area contributed by atoms with Crippen LogP contribution in [0.15, 0.2) is 42.5 Å². The molecule has 0 atom stereocenters. The monoisotopic (exact) mass is 418 g/mol. The second-order valence-corrected chi connectivity index (χ2v) is 6.35. The molecule has 0 radical (unpaired) electrons. The number of fused-ring (bicyclic) bond motifs is 1. The summed E-state index contributed by atoms with van der Waals surface area (Å²) in [7, 11) is 0. The van der Waals surface area contributed by atoms with Crippen molar-refractivity contribution in [2.24, 2.45) is 0 Å². The van der Waals surface area contributed by atoms with Crippen molar-refractivity contribution in [2.75, 3.05) is 6.61 Å². The van der Waals surface area contributed by atoms with Crippen LogP contribution in [0.2, 0.25) is 10.0 Å². The van der Waals surface area contributed by atoms with Crippen molar-refractivity contribution in [3.8, 4) is 17.2 Å². The zero-order chi connectivity index (χ0) is 19.8. The molecular formula is C19H12Cl2F4O2. The van der Waals surface area contributed by atoms with Gasteiger partial charge in [0.05, 0.1) is 17.2 Å². The first-order chi connectivity index (χ1) is 12.7. The van der Waals surface area contributed by atoms with Crippen molar-refractivity contribution < 1.29 is 27.0 Å². The van der Waals surface area contributed by atoms with E-state index in [1.54, 1.807) is 24.3 Å². The highest BCUT2D eigenvalue weighted by atomic mass is 35.5. The van der Waals surface area contributed by atoms with Gasteiger partial charge in [0.25, 0.3) is 0 Å². The molecule has 0 heterocycles. The van der Waals surface area contributed by atoms with Gasteiger partial charge >= 0.3 is 6.18 Å². The number of alkyl halides is 3. The van der Waals surface area contributed by atoms with Crippen LogP contribution in [0.4, 0.5) is 17.6 Å². The van der Waals surface area contributed by atoms with Crippen molar-refractivity contribution in [3.63, 3.8) is 0 Å². The highest BCUT2D eigenvalue weighted by Gasteiger charge is 2.37. The number of rotatable bonds is 4. The summed E-state index contributed by atoms with van der Waals surface area (Å²) in [5, 5.41) is 0.370. The van der Waals surface area contributed by atoms with Gasteiger partial charge in [-0.25, -0.2) is 4.39 Å². The molecule has 27 heavy (non-hydrogen) atoms. The Morgan fingerprint density at radius 2 is 1.56 bits per heavy atom. The van der Waals surface area contributed by atoms with Gasteiger partial charge in [-0.2, -0.15) is 13.2 Å². The van der Waals surface area contributed by atoms with Crippen molar-refractivity contribution >= 4 is 34.0 Å². The molecule has 0 fully saturated rings. The third-order valence-electron chi connectivity index (χ3n) is 3.74. The van der Waals surface area contributed by atoms with Crippen LogP contribution in [0.3, 0.4) is 0 Å². The van der Waals surface area contributed by atoms with E-state index in [2.05, 4.69) is 0 Å². The Labute approximate surface area is 162 Å². The number of hydrogen-bond acceptors (Lipinski definition) is 2. The minimum atomic E-state index is -4.92. The van der Waals surface area contributed by atoms with Gasteiger partial charge in [0.1, 0.15) is 16.5 Å². The molecule has 3 rings (SSSR count). The third kappa shape index (κ3) is 4.06. The molecule has 3 aromatic rings. The lowest BCUT2D eigenvalue weighted by atomic mass is 10.1. The van der Waals surface area contributed by atoms with Crippen molar-refractivity contribution in [3.05, 3.63) is 63.9 Å². The molecule has 8 heteroatoms. The smallest absolute Gasteiger partial charge is 0.419 e. The SMILES string of the molecule is CCOc1ccc2ccc(Oc3c(Cl)cc(C(F)(F)F)c(F)c3Cl)cc2c1. The summed E-state index contributed by atoms with van der Waals surface area (Å²) in [6.45, 7) is 2.35. The van der Waals surface area contributed by atoms with Crippen molar-refractivity contribution in [1.29, 1.82) is 0 Å². The molecule has 0 saturated heterocycles. The van der Waals surface area contributed by atoms with E-state index in [9.17, 15) is 17.6 Å². The molecule has 0 amide bonds. The van der Waals surface area contributed by atoms with Gasteiger partial charge in [-0.3, -0.25) is 0 Å². The van der Waals surface area contributed by atoms with Crippen LogP contribution >= 0.6 is 23.2 Å². The fourth-order valence-electron chi connectivity index (χ4n) is 2.52. The highest BCUT2D eigenvalue weighted by Crippen LogP contribution is 2.44. The summed E-state index contributed by atoms with van der Waals surface area (Å²) in [4.78, 5) is 0. The summed E-state index contributed by atoms with van der Waals surface area (Å²) in [5.41, 5.74) is -1.55. The second-order valence-electron chi connectivity index (χ2n) is 5.57. The van der Waals surface area contributed by atoms with Crippen LogP contribution in [0.1, 0.15) is 12.5 Å². The van der Waals surface area contributed by atoms with Gasteiger partial charge in [0, 0.05) is 0 Å². The molecular weight excluding hydrogens is 407 g/mol. The maximum Gasteiger partial charge on any atom is 0.419 e. The fraction of sp³-hybridized carbons (Fsp3) is 0.158. The summed E-state index contributed by atoms with van der Waals surface area (Å²) < 4.78 is 63.4. The maximum absolute atomic E-state index is 14.0. The lowest BCUT2D eigenvalue weighted by molar-refractivity contribution is -0.140. The van der Waals surface area contributed by atoms with Crippen LogP contribution in [-0.4, -0.2) is 6.61 Å². The Kier molecular flexibility index (Phi) is 5.40. The van der Waals surface area contributed by atoms with Crippen molar-refractivity contribution in [2.45, 2.75) is 13.1 Å². The van der Waals surface area contributed by atoms with E-state index in [4.69, 9.17) is 32.7 Å². The van der Waals surface area contributed by atoms with Gasteiger partial charge in [0.2, 0.25) is 0 Å². The predicted octanol–water partition coefficient (Wildman–Crippen LogP) is 7.50. The zero-order valence-corrected chi connectivity index (χ0v) is 15.3. The molecule has 0 aliphatic rings. The van der Waals surface area contributed by atoms with Crippen LogP contribution in [0.5, 0.6) is 17.2 Å². The summed E-state index contributed by atoms with van der Waals surface area (Å²) in [5.74, 6) is -1.13. The lowest BCUT2D eigenvalue weighted by Gasteiger charge is -2.15. The zero-order valence-electron chi connectivity index (χ0n) is 13.8. The Morgan fingerprint density at radius 1 is 0.926 bits per heavy atom. The van der Waals surface area contributed by atoms with Gasteiger partial charge in [-0.1, -0.05) is 35.3 Å². The lowest BCUT2D eigenvalue weighted by Crippen LogP contribution is -2.09. The van der Waals surface area contributed by atoms with Crippen molar-refractivity contribution in [1.82, 2.24) is 0 Å². The topological polar surface area (TPSA) is 18.5 Å². The van der Waals surface area contributed by atoms with E-state index in [0.29, 0.717) is 18.4 Å². The largest absolute Gasteiger partial charge is 0.494 e. The number of ether oxygens (including phenoxy) is 2. The Bertz CT molecular complexity index is 1000.